The number of benzene rings is 1. The molecule has 0 spiro atoms. The Bertz CT molecular complexity index is 1270. The lowest BCUT2D eigenvalue weighted by Gasteiger charge is -2.22. The fraction of sp³-hybridized carbons (Fsp3) is 0.348. The molecule has 0 aliphatic rings. The first-order valence-electron chi connectivity index (χ1n) is 11.1. The third-order valence-corrected chi connectivity index (χ3v) is 7.02. The molecule has 35 heavy (non-hydrogen) atoms. The normalized spacial score (nSPS) is 12.3. The van der Waals surface area contributed by atoms with Crippen LogP contribution in [0.5, 0.6) is 0 Å². The van der Waals surface area contributed by atoms with Crippen LogP contribution in [0.2, 0.25) is 0 Å². The minimum atomic E-state index is -1.08. The predicted molar refractivity (Wildman–Crippen MR) is 140 cm³/mol. The Morgan fingerprint density at radius 1 is 1.20 bits per heavy atom. The van der Waals surface area contributed by atoms with Gasteiger partial charge in [-0.25, -0.2) is 14.8 Å². The molecule has 0 amide bonds. The number of fused-ring (bicyclic) bond motifs is 1. The minimum Gasteiger partial charge on any atom is -0.476 e. The fourth-order valence-electron chi connectivity index (χ4n) is 3.55. The number of aryl methyl sites for hydroxylation is 1. The summed E-state index contributed by atoms with van der Waals surface area (Å²) in [6, 6.07) is 9.81. The van der Waals surface area contributed by atoms with E-state index in [1.165, 1.54) is 28.1 Å². The summed E-state index contributed by atoms with van der Waals surface area (Å²) in [5.74, 6) is 0.0803. The number of para-hydroxylation sites is 1. The summed E-state index contributed by atoms with van der Waals surface area (Å²) in [5.41, 5.74) is 1.77. The first kappa shape index (κ1) is 24.9. The van der Waals surface area contributed by atoms with E-state index in [0.717, 1.165) is 20.9 Å². The number of carboxylic acid groups (broad SMARTS) is 1. The topological polar surface area (TPSA) is 128 Å². The number of aromatic nitrogens is 4. The molecule has 0 aliphatic heterocycles. The van der Waals surface area contributed by atoms with Gasteiger partial charge in [0.25, 0.3) is 0 Å². The molecular weight excluding hydrogens is 486 g/mol. The second-order valence-electron chi connectivity index (χ2n) is 8.38. The lowest BCUT2D eigenvalue weighted by atomic mass is 10.2. The lowest BCUT2D eigenvalue weighted by Crippen LogP contribution is -2.27. The molecule has 184 valence electrons. The van der Waals surface area contributed by atoms with Crippen molar-refractivity contribution in [3.8, 4) is 0 Å². The van der Waals surface area contributed by atoms with Crippen molar-refractivity contribution in [3.05, 3.63) is 47.0 Å². The van der Waals surface area contributed by atoms with Crippen LogP contribution in [-0.4, -0.2) is 74.5 Å². The minimum absolute atomic E-state index is 0.0125. The molecule has 0 radical (unpaired) electrons. The molecule has 0 aliphatic carbocycles. The van der Waals surface area contributed by atoms with Crippen LogP contribution in [-0.2, 0) is 0 Å². The maximum atomic E-state index is 11.4. The Balaban J connectivity index is 1.54. The number of aromatic carboxylic acids is 1. The summed E-state index contributed by atoms with van der Waals surface area (Å²) in [4.78, 5) is 24.0. The molecule has 4 aromatic rings. The number of nitrogens with one attached hydrogen (secondary N) is 1. The van der Waals surface area contributed by atoms with Crippen LogP contribution in [0.1, 0.15) is 28.9 Å². The third kappa shape index (κ3) is 6.28. The number of aliphatic hydroxyl groups excluding tert-OH is 1. The van der Waals surface area contributed by atoms with Crippen molar-refractivity contribution in [2.75, 3.05) is 37.4 Å². The van der Waals surface area contributed by atoms with Crippen LogP contribution in [0, 0.1) is 6.92 Å². The number of hydrogen-bond acceptors (Lipinski definition) is 11. The number of aliphatic hydroxyl groups is 1. The molecule has 10 nitrogen and oxygen atoms in total. The number of thiazole rings is 2. The highest BCUT2D eigenvalue weighted by Gasteiger charge is 2.20. The average molecular weight is 514 g/mol. The monoisotopic (exact) mass is 513 g/mol. The number of likely N-dealkylation sites (N-methyl/N-ethyl adjacent to an activating group) is 1. The van der Waals surface area contributed by atoms with Crippen LogP contribution in [0.15, 0.2) is 35.7 Å². The zero-order valence-corrected chi connectivity index (χ0v) is 21.3. The van der Waals surface area contributed by atoms with Gasteiger partial charge in [-0.05, 0) is 57.6 Å². The maximum absolute atomic E-state index is 11.4. The van der Waals surface area contributed by atoms with Crippen molar-refractivity contribution in [3.63, 3.8) is 0 Å². The van der Waals surface area contributed by atoms with Gasteiger partial charge in [-0.3, -0.25) is 0 Å². The van der Waals surface area contributed by atoms with Crippen LogP contribution < -0.4 is 10.2 Å². The molecule has 12 heteroatoms. The van der Waals surface area contributed by atoms with Gasteiger partial charge in [0, 0.05) is 18.5 Å². The van der Waals surface area contributed by atoms with Gasteiger partial charge in [0.1, 0.15) is 0 Å². The molecule has 3 aromatic heterocycles. The highest BCUT2D eigenvalue weighted by Crippen LogP contribution is 2.31. The van der Waals surface area contributed by atoms with Gasteiger partial charge in [0.2, 0.25) is 0 Å². The summed E-state index contributed by atoms with van der Waals surface area (Å²) in [6.45, 7) is 3.01. The zero-order valence-electron chi connectivity index (χ0n) is 19.7. The number of carboxylic acids is 1. The Kier molecular flexibility index (Phi) is 7.86. The van der Waals surface area contributed by atoms with E-state index in [0.29, 0.717) is 42.7 Å². The van der Waals surface area contributed by atoms with Crippen LogP contribution in [0.25, 0.3) is 10.2 Å². The van der Waals surface area contributed by atoms with Crippen LogP contribution in [0.4, 0.5) is 21.9 Å². The van der Waals surface area contributed by atoms with E-state index >= 15 is 0 Å². The molecule has 1 unspecified atom stereocenters. The summed E-state index contributed by atoms with van der Waals surface area (Å²) in [6.07, 6.45) is 0.810. The van der Waals surface area contributed by atoms with E-state index in [-0.39, 0.29) is 5.69 Å². The van der Waals surface area contributed by atoms with E-state index in [9.17, 15) is 15.0 Å². The van der Waals surface area contributed by atoms with Crippen molar-refractivity contribution in [2.45, 2.75) is 25.9 Å². The predicted octanol–water partition coefficient (Wildman–Crippen LogP) is 4.13. The number of hydrogen-bond donors (Lipinski definition) is 3. The van der Waals surface area contributed by atoms with E-state index < -0.39 is 12.1 Å². The molecule has 4 rings (SSSR count). The molecule has 0 saturated heterocycles. The van der Waals surface area contributed by atoms with Crippen molar-refractivity contribution in [2.24, 2.45) is 0 Å². The highest BCUT2D eigenvalue weighted by atomic mass is 32.1. The van der Waals surface area contributed by atoms with Crippen LogP contribution >= 0.6 is 22.7 Å². The molecular formula is C23H27N7O3S2. The first-order valence-corrected chi connectivity index (χ1v) is 12.8. The standard InChI is InChI=1S/C23H27N7O3S2/c1-14-11-19(27-28-20(14)26-22-24-16-8-4-5-9-18(16)35-22)30(10-6-7-15(31)12-29(2)3)23-25-17(13-34-23)21(32)33/h4-5,8-9,11,13,15,31H,6-7,10,12H2,1-3H3,(H,32,33)(H,24,26,28). The quantitative estimate of drug-likeness (QED) is 0.269. The van der Waals surface area contributed by atoms with E-state index in [2.05, 4.69) is 25.5 Å². The van der Waals surface area contributed by atoms with Crippen molar-refractivity contribution < 1.29 is 15.0 Å². The molecule has 0 fully saturated rings. The molecule has 1 atom stereocenters. The van der Waals surface area contributed by atoms with E-state index in [1.54, 1.807) is 0 Å². The Morgan fingerprint density at radius 2 is 2.00 bits per heavy atom. The second-order valence-corrected chi connectivity index (χ2v) is 10.2. The van der Waals surface area contributed by atoms with Gasteiger partial charge >= 0.3 is 5.97 Å². The van der Waals surface area contributed by atoms with E-state index in [1.807, 2.05) is 61.2 Å². The van der Waals surface area contributed by atoms with Crippen molar-refractivity contribution in [1.82, 2.24) is 25.1 Å². The highest BCUT2D eigenvalue weighted by molar-refractivity contribution is 7.22. The first-order chi connectivity index (χ1) is 16.8. The molecule has 3 N–H and O–H groups in total. The Morgan fingerprint density at radius 3 is 2.69 bits per heavy atom. The number of anilines is 4. The van der Waals surface area contributed by atoms with Crippen molar-refractivity contribution in [1.29, 1.82) is 0 Å². The average Bonchev–Trinajstić information content (AvgIpc) is 3.45. The van der Waals surface area contributed by atoms with Crippen LogP contribution in [0.3, 0.4) is 0 Å². The smallest absolute Gasteiger partial charge is 0.355 e. The van der Waals surface area contributed by atoms with Gasteiger partial charge in [-0.2, -0.15) is 0 Å². The second kappa shape index (κ2) is 11.0. The Hall–Kier alpha value is -3.19. The van der Waals surface area contributed by atoms with Gasteiger partial charge in [-0.15, -0.1) is 21.5 Å². The number of rotatable bonds is 11. The molecule has 0 bridgehead atoms. The summed E-state index contributed by atoms with van der Waals surface area (Å²) in [7, 11) is 3.83. The van der Waals surface area contributed by atoms with Crippen molar-refractivity contribution >= 4 is 60.8 Å². The third-order valence-electron chi connectivity index (χ3n) is 5.20. The molecule has 3 heterocycles. The lowest BCUT2D eigenvalue weighted by molar-refractivity contribution is 0.0691. The van der Waals surface area contributed by atoms with Gasteiger partial charge in [0.05, 0.1) is 16.3 Å². The molecule has 1 aromatic carbocycles. The molecule has 0 saturated carbocycles. The fourth-order valence-corrected chi connectivity index (χ4v) is 5.24. The summed E-state index contributed by atoms with van der Waals surface area (Å²) >= 11 is 2.78. The number of nitrogens with zero attached hydrogens (tertiary/aromatic N) is 6. The van der Waals surface area contributed by atoms with Gasteiger partial charge < -0.3 is 25.3 Å². The number of carbonyl (C=O) groups is 1. The van der Waals surface area contributed by atoms with Gasteiger partial charge in [0.15, 0.2) is 27.6 Å². The SMILES string of the molecule is Cc1cc(N(CCCC(O)CN(C)C)c2nc(C(=O)O)cs2)nnc1Nc1nc2ccccc2s1. The zero-order chi connectivity index (χ0) is 24.9. The largest absolute Gasteiger partial charge is 0.476 e. The summed E-state index contributed by atoms with van der Waals surface area (Å²) < 4.78 is 1.08. The summed E-state index contributed by atoms with van der Waals surface area (Å²) in [5, 5.41) is 34.3. The Labute approximate surface area is 210 Å². The van der Waals surface area contributed by atoms with E-state index in [4.69, 9.17) is 0 Å². The maximum Gasteiger partial charge on any atom is 0.355 e. The van der Waals surface area contributed by atoms with Gasteiger partial charge in [-0.1, -0.05) is 23.5 Å².